The molecule has 0 spiro atoms. The molecule has 0 aromatic heterocycles. The summed E-state index contributed by atoms with van der Waals surface area (Å²) in [5.41, 5.74) is 1.45. The van der Waals surface area contributed by atoms with E-state index in [9.17, 15) is 8.78 Å². The molecule has 1 N–H and O–H groups in total. The van der Waals surface area contributed by atoms with Crippen LogP contribution in [0.1, 0.15) is 19.4 Å². The Morgan fingerprint density at radius 1 is 1.44 bits per heavy atom. The van der Waals surface area contributed by atoms with Crippen molar-refractivity contribution in [3.8, 4) is 5.75 Å². The lowest BCUT2D eigenvalue weighted by molar-refractivity contribution is -0.159. The molecule has 16 heavy (non-hydrogen) atoms. The highest BCUT2D eigenvalue weighted by atomic mass is 19.3. The number of allylic oxidation sites excluding steroid dienone is 1. The van der Waals surface area contributed by atoms with Crippen LogP contribution in [-0.4, -0.2) is 6.11 Å². The summed E-state index contributed by atoms with van der Waals surface area (Å²) in [6.07, 6.45) is -3.17. The number of hydrogen-bond acceptors (Lipinski definition) is 2. The molecule has 0 unspecified atom stereocenters. The number of hydrogen-bond donors (Lipinski definition) is 1. The van der Waals surface area contributed by atoms with Gasteiger partial charge in [0.25, 0.3) is 0 Å². The molecule has 0 amide bonds. The van der Waals surface area contributed by atoms with E-state index in [2.05, 4.69) is 16.6 Å². The Balaban J connectivity index is 2.79. The lowest BCUT2D eigenvalue weighted by Crippen LogP contribution is -2.21. The van der Waals surface area contributed by atoms with Crippen LogP contribution in [0.15, 0.2) is 36.5 Å². The molecule has 0 aliphatic rings. The molecule has 1 rings (SSSR count). The first-order valence-corrected chi connectivity index (χ1v) is 4.92. The van der Waals surface area contributed by atoms with Gasteiger partial charge in [0, 0.05) is 24.7 Å². The third-order valence-corrected chi connectivity index (χ3v) is 1.84. The van der Waals surface area contributed by atoms with Crippen LogP contribution >= 0.6 is 0 Å². The van der Waals surface area contributed by atoms with Gasteiger partial charge in [0.05, 0.1) is 0 Å². The van der Waals surface area contributed by atoms with Gasteiger partial charge < -0.3 is 10.1 Å². The van der Waals surface area contributed by atoms with Gasteiger partial charge in [-0.1, -0.05) is 24.8 Å². The molecule has 1 aromatic rings. The standard InChI is InChI=1S/C12H15F2NO/c1-9(2)15-8-10-6-4-5-7-11(10)16-12(3,13)14/h4-7,15H,1,8H2,2-3H3. The van der Waals surface area contributed by atoms with Crippen molar-refractivity contribution in [2.24, 2.45) is 0 Å². The zero-order valence-electron chi connectivity index (χ0n) is 9.39. The number of halogens is 2. The Hall–Kier alpha value is -1.58. The van der Waals surface area contributed by atoms with Gasteiger partial charge in [0.2, 0.25) is 0 Å². The maximum absolute atomic E-state index is 12.7. The Kier molecular flexibility index (Phi) is 3.88. The van der Waals surface area contributed by atoms with Gasteiger partial charge in [-0.05, 0) is 13.0 Å². The minimum Gasteiger partial charge on any atom is -0.432 e. The lowest BCUT2D eigenvalue weighted by atomic mass is 10.2. The summed E-state index contributed by atoms with van der Waals surface area (Å²) in [6.45, 7) is 6.61. The van der Waals surface area contributed by atoms with E-state index >= 15 is 0 Å². The van der Waals surface area contributed by atoms with Gasteiger partial charge in [0.15, 0.2) is 0 Å². The fourth-order valence-electron chi connectivity index (χ4n) is 1.19. The quantitative estimate of drug-likeness (QED) is 0.833. The third-order valence-electron chi connectivity index (χ3n) is 1.84. The van der Waals surface area contributed by atoms with Crippen molar-refractivity contribution in [2.45, 2.75) is 26.5 Å². The highest BCUT2D eigenvalue weighted by molar-refractivity contribution is 5.33. The number of ether oxygens (including phenoxy) is 1. The number of rotatable bonds is 5. The van der Waals surface area contributed by atoms with Crippen LogP contribution in [0.5, 0.6) is 5.75 Å². The SMILES string of the molecule is C=C(C)NCc1ccccc1OC(C)(F)F. The first-order valence-electron chi connectivity index (χ1n) is 4.92. The van der Waals surface area contributed by atoms with Gasteiger partial charge >= 0.3 is 6.11 Å². The fourth-order valence-corrected chi connectivity index (χ4v) is 1.19. The van der Waals surface area contributed by atoms with Crippen molar-refractivity contribution >= 4 is 0 Å². The molecule has 4 heteroatoms. The second-order valence-electron chi connectivity index (χ2n) is 3.65. The first-order chi connectivity index (χ1) is 7.38. The number of para-hydroxylation sites is 1. The minimum absolute atomic E-state index is 0.184. The molecule has 0 bridgehead atoms. The average Bonchev–Trinajstić information content (AvgIpc) is 2.14. The number of nitrogens with one attached hydrogen (secondary N) is 1. The molecule has 88 valence electrons. The van der Waals surface area contributed by atoms with E-state index in [-0.39, 0.29) is 5.75 Å². The van der Waals surface area contributed by atoms with E-state index < -0.39 is 6.11 Å². The Morgan fingerprint density at radius 2 is 2.06 bits per heavy atom. The predicted molar refractivity (Wildman–Crippen MR) is 59.3 cm³/mol. The molecule has 1 aromatic carbocycles. The minimum atomic E-state index is -3.17. The van der Waals surface area contributed by atoms with Gasteiger partial charge in [-0.3, -0.25) is 0 Å². The van der Waals surface area contributed by atoms with Crippen LogP contribution in [-0.2, 0) is 6.54 Å². The molecule has 0 aliphatic heterocycles. The van der Waals surface area contributed by atoms with Gasteiger partial charge in [0.1, 0.15) is 5.75 Å². The topological polar surface area (TPSA) is 21.3 Å². The zero-order chi connectivity index (χ0) is 12.2. The van der Waals surface area contributed by atoms with E-state index in [1.54, 1.807) is 25.1 Å². The van der Waals surface area contributed by atoms with Gasteiger partial charge in [-0.15, -0.1) is 0 Å². The molecule has 0 radical (unpaired) electrons. The molecule has 0 aliphatic carbocycles. The second-order valence-corrected chi connectivity index (χ2v) is 3.65. The average molecular weight is 227 g/mol. The van der Waals surface area contributed by atoms with Crippen molar-refractivity contribution < 1.29 is 13.5 Å². The summed E-state index contributed by atoms with van der Waals surface area (Å²) in [5, 5.41) is 2.97. The monoisotopic (exact) mass is 227 g/mol. The van der Waals surface area contributed by atoms with Crippen LogP contribution in [0, 0.1) is 0 Å². The van der Waals surface area contributed by atoms with Crippen LogP contribution < -0.4 is 10.1 Å². The third kappa shape index (κ3) is 4.29. The molecule has 0 saturated carbocycles. The summed E-state index contributed by atoms with van der Waals surface area (Å²) in [4.78, 5) is 0. The fraction of sp³-hybridized carbons (Fsp3) is 0.333. The van der Waals surface area contributed by atoms with E-state index in [4.69, 9.17) is 0 Å². The molecule has 0 atom stereocenters. The second kappa shape index (κ2) is 4.96. The molecular formula is C12H15F2NO. The Morgan fingerprint density at radius 3 is 2.62 bits per heavy atom. The summed E-state index contributed by atoms with van der Waals surface area (Å²) in [5.74, 6) is 0.184. The van der Waals surface area contributed by atoms with Crippen LogP contribution in [0.4, 0.5) is 8.78 Å². The highest BCUT2D eigenvalue weighted by Crippen LogP contribution is 2.24. The van der Waals surface area contributed by atoms with Gasteiger partial charge in [-0.25, -0.2) is 0 Å². The lowest BCUT2D eigenvalue weighted by Gasteiger charge is -2.16. The summed E-state index contributed by atoms with van der Waals surface area (Å²) >= 11 is 0. The first kappa shape index (κ1) is 12.5. The van der Waals surface area contributed by atoms with Crippen LogP contribution in [0.2, 0.25) is 0 Å². The van der Waals surface area contributed by atoms with E-state index in [1.807, 2.05) is 0 Å². The maximum Gasteiger partial charge on any atom is 0.394 e. The Labute approximate surface area is 93.9 Å². The molecule has 0 saturated heterocycles. The highest BCUT2D eigenvalue weighted by Gasteiger charge is 2.24. The van der Waals surface area contributed by atoms with Crippen molar-refractivity contribution in [3.05, 3.63) is 42.1 Å². The zero-order valence-corrected chi connectivity index (χ0v) is 9.39. The molecular weight excluding hydrogens is 212 g/mol. The predicted octanol–water partition coefficient (Wildman–Crippen LogP) is 3.30. The summed E-state index contributed by atoms with van der Waals surface area (Å²) in [6, 6.07) is 6.69. The summed E-state index contributed by atoms with van der Waals surface area (Å²) in [7, 11) is 0. The maximum atomic E-state index is 12.7. The van der Waals surface area contributed by atoms with Crippen molar-refractivity contribution in [3.63, 3.8) is 0 Å². The smallest absolute Gasteiger partial charge is 0.394 e. The van der Waals surface area contributed by atoms with Crippen molar-refractivity contribution in [2.75, 3.05) is 0 Å². The molecule has 0 fully saturated rings. The molecule has 2 nitrogen and oxygen atoms in total. The van der Waals surface area contributed by atoms with Crippen molar-refractivity contribution in [1.29, 1.82) is 0 Å². The van der Waals surface area contributed by atoms with E-state index in [0.717, 1.165) is 12.6 Å². The summed E-state index contributed by atoms with van der Waals surface area (Å²) < 4.78 is 30.0. The van der Waals surface area contributed by atoms with Gasteiger partial charge in [-0.2, -0.15) is 8.78 Å². The number of benzene rings is 1. The van der Waals surface area contributed by atoms with Crippen LogP contribution in [0.3, 0.4) is 0 Å². The largest absolute Gasteiger partial charge is 0.432 e. The van der Waals surface area contributed by atoms with Crippen molar-refractivity contribution in [1.82, 2.24) is 5.32 Å². The van der Waals surface area contributed by atoms with E-state index in [0.29, 0.717) is 12.1 Å². The van der Waals surface area contributed by atoms with E-state index in [1.165, 1.54) is 6.07 Å². The Bertz CT molecular complexity index is 372. The number of alkyl halides is 2. The normalized spacial score (nSPS) is 11.0. The molecule has 0 heterocycles. The van der Waals surface area contributed by atoms with Crippen LogP contribution in [0.25, 0.3) is 0 Å².